The summed E-state index contributed by atoms with van der Waals surface area (Å²) in [5, 5.41) is 0. The van der Waals surface area contributed by atoms with Crippen molar-refractivity contribution in [1.29, 1.82) is 0 Å². The van der Waals surface area contributed by atoms with Crippen molar-refractivity contribution in [3.05, 3.63) is 13.8 Å². The second kappa shape index (κ2) is 5.44. The molecule has 1 rings (SSSR count). The van der Waals surface area contributed by atoms with Gasteiger partial charge in [-0.3, -0.25) is 0 Å². The fourth-order valence-electron chi connectivity index (χ4n) is 2.61. The van der Waals surface area contributed by atoms with Gasteiger partial charge in [0.15, 0.2) is 0 Å². The molecule has 0 amide bonds. The Morgan fingerprint density at radius 3 is 2.29 bits per heavy atom. The van der Waals surface area contributed by atoms with Crippen molar-refractivity contribution < 1.29 is 32.7 Å². The van der Waals surface area contributed by atoms with Crippen LogP contribution >= 0.6 is 0 Å². The van der Waals surface area contributed by atoms with Gasteiger partial charge in [-0.15, -0.1) is 0 Å². The molecule has 0 bridgehead atoms. The Hall–Kier alpha value is 1.10. The van der Waals surface area contributed by atoms with E-state index in [9.17, 15) is 0 Å². The molecule has 0 heterocycles. The van der Waals surface area contributed by atoms with Crippen LogP contribution in [0.3, 0.4) is 0 Å². The van der Waals surface area contributed by atoms with Gasteiger partial charge in [-0.25, -0.2) is 6.42 Å². The Morgan fingerprint density at radius 1 is 1.29 bits per heavy atom. The number of hydrogen-bond donors (Lipinski definition) is 0. The minimum atomic E-state index is 0. The van der Waals surface area contributed by atoms with E-state index in [4.69, 9.17) is 0 Å². The Labute approximate surface area is 115 Å². The van der Waals surface area contributed by atoms with Crippen molar-refractivity contribution in [1.82, 2.24) is 0 Å². The molecule has 0 saturated heterocycles. The third-order valence-electron chi connectivity index (χ3n) is 4.16. The van der Waals surface area contributed by atoms with Crippen LogP contribution in [0.25, 0.3) is 0 Å². The molecular formula is C13H24Y-2. The second-order valence-electron chi connectivity index (χ2n) is 5.59. The van der Waals surface area contributed by atoms with E-state index in [1.165, 1.54) is 25.7 Å². The van der Waals surface area contributed by atoms with E-state index in [1.54, 1.807) is 0 Å². The summed E-state index contributed by atoms with van der Waals surface area (Å²) >= 11 is 0. The molecule has 2 unspecified atom stereocenters. The Morgan fingerprint density at radius 2 is 1.86 bits per heavy atom. The van der Waals surface area contributed by atoms with Gasteiger partial charge in [-0.05, 0) is 17.8 Å². The standard InChI is InChI=1S/C13H24.Y/c1-6-12(4)8-7-9-13(5,10-12)11(2)3;/h11H,1,4,6-10H2,2-3,5H3;/q-2;. The molecule has 1 aliphatic carbocycles. The monoisotopic (exact) mass is 269 g/mol. The Balaban J connectivity index is 0.00000169. The molecule has 1 radical (unpaired) electrons. The zero-order valence-electron chi connectivity index (χ0n) is 10.1. The maximum absolute atomic E-state index is 4.36. The average molecular weight is 269 g/mol. The van der Waals surface area contributed by atoms with Crippen LogP contribution in [0.1, 0.15) is 52.9 Å². The van der Waals surface area contributed by atoms with E-state index in [2.05, 4.69) is 34.6 Å². The van der Waals surface area contributed by atoms with Gasteiger partial charge in [0.2, 0.25) is 0 Å². The number of rotatable bonds is 2. The predicted octanol–water partition coefficient (Wildman–Crippen LogP) is 4.26. The first-order chi connectivity index (χ1) is 5.92. The summed E-state index contributed by atoms with van der Waals surface area (Å²) in [6.45, 7) is 15.5. The smallest absolute Gasteiger partial charge is 0 e. The van der Waals surface area contributed by atoms with E-state index >= 15 is 0 Å². The first kappa shape index (κ1) is 15.1. The van der Waals surface area contributed by atoms with Gasteiger partial charge in [0, 0.05) is 32.7 Å². The quantitative estimate of drug-likeness (QED) is 0.657. The predicted molar refractivity (Wildman–Crippen MR) is 59.2 cm³/mol. The zero-order chi connectivity index (χ0) is 10.1. The van der Waals surface area contributed by atoms with Crippen molar-refractivity contribution >= 4 is 0 Å². The van der Waals surface area contributed by atoms with Gasteiger partial charge in [0.05, 0.1) is 0 Å². The Bertz CT molecular complexity index is 176. The van der Waals surface area contributed by atoms with Gasteiger partial charge in [0.1, 0.15) is 0 Å². The Kier molecular flexibility index (Phi) is 5.87. The van der Waals surface area contributed by atoms with Crippen LogP contribution in [0.15, 0.2) is 0 Å². The second-order valence-corrected chi connectivity index (χ2v) is 5.59. The van der Waals surface area contributed by atoms with Crippen LogP contribution in [0.2, 0.25) is 0 Å². The van der Waals surface area contributed by atoms with Crippen LogP contribution in [0.5, 0.6) is 0 Å². The fourth-order valence-corrected chi connectivity index (χ4v) is 2.61. The summed E-state index contributed by atoms with van der Waals surface area (Å²) in [6.07, 6.45) is 6.25. The van der Waals surface area contributed by atoms with E-state index in [0.29, 0.717) is 5.41 Å². The van der Waals surface area contributed by atoms with Gasteiger partial charge in [-0.1, -0.05) is 40.0 Å². The number of hydrogen-bond acceptors (Lipinski definition) is 0. The zero-order valence-corrected chi connectivity index (χ0v) is 12.9. The van der Waals surface area contributed by atoms with Crippen LogP contribution in [0, 0.1) is 30.6 Å². The summed E-state index contributed by atoms with van der Waals surface area (Å²) in [4.78, 5) is 0. The van der Waals surface area contributed by atoms with Gasteiger partial charge >= 0.3 is 0 Å². The first-order valence-corrected chi connectivity index (χ1v) is 5.56. The summed E-state index contributed by atoms with van der Waals surface area (Å²) in [7, 11) is 0. The topological polar surface area (TPSA) is 0 Å². The van der Waals surface area contributed by atoms with Crippen molar-refractivity contribution in [2.75, 3.05) is 0 Å². The maximum Gasteiger partial charge on any atom is 0 e. The van der Waals surface area contributed by atoms with Gasteiger partial charge < -0.3 is 13.8 Å². The molecule has 0 aliphatic heterocycles. The molecule has 0 aromatic rings. The maximum atomic E-state index is 4.36. The molecule has 2 atom stereocenters. The average Bonchev–Trinajstić information content (AvgIpc) is 2.04. The summed E-state index contributed by atoms with van der Waals surface area (Å²) in [6, 6.07) is 0. The molecular weight excluding hydrogens is 245 g/mol. The van der Waals surface area contributed by atoms with Gasteiger partial charge in [0.25, 0.3) is 0 Å². The molecule has 1 saturated carbocycles. The van der Waals surface area contributed by atoms with Gasteiger partial charge in [-0.2, -0.15) is 5.41 Å². The molecule has 0 spiro atoms. The van der Waals surface area contributed by atoms with Crippen LogP contribution in [0.4, 0.5) is 0 Å². The molecule has 0 aromatic carbocycles. The summed E-state index contributed by atoms with van der Waals surface area (Å²) in [5.41, 5.74) is 0.787. The SMILES string of the molecule is [CH2-]CC1([CH2-])CCCC(C)(C(C)C)C1.[Y]. The normalized spacial score (nSPS) is 38.1. The third-order valence-corrected chi connectivity index (χ3v) is 4.16. The van der Waals surface area contributed by atoms with Crippen molar-refractivity contribution in [2.24, 2.45) is 16.7 Å². The van der Waals surface area contributed by atoms with E-state index in [0.717, 1.165) is 12.3 Å². The molecule has 81 valence electrons. The van der Waals surface area contributed by atoms with Crippen molar-refractivity contribution in [2.45, 2.75) is 52.9 Å². The van der Waals surface area contributed by atoms with Crippen LogP contribution < -0.4 is 0 Å². The van der Waals surface area contributed by atoms with E-state index in [-0.39, 0.29) is 38.1 Å². The molecule has 1 heteroatoms. The largest absolute Gasteiger partial charge is 0.345 e. The fraction of sp³-hybridized carbons (Fsp3) is 0.846. The van der Waals surface area contributed by atoms with Crippen LogP contribution in [-0.4, -0.2) is 0 Å². The molecule has 1 aliphatic rings. The molecule has 0 aromatic heterocycles. The minimum absolute atomic E-state index is 0. The molecule has 14 heavy (non-hydrogen) atoms. The third kappa shape index (κ3) is 3.30. The molecule has 1 fully saturated rings. The summed E-state index contributed by atoms with van der Waals surface area (Å²) in [5.74, 6) is 0.778. The van der Waals surface area contributed by atoms with Crippen molar-refractivity contribution in [3.8, 4) is 0 Å². The summed E-state index contributed by atoms with van der Waals surface area (Å²) < 4.78 is 0. The van der Waals surface area contributed by atoms with E-state index < -0.39 is 0 Å². The minimum Gasteiger partial charge on any atom is -0.345 e. The molecule has 0 nitrogen and oxygen atoms in total. The molecule has 0 N–H and O–H groups in total. The van der Waals surface area contributed by atoms with E-state index in [1.807, 2.05) is 0 Å². The van der Waals surface area contributed by atoms with Crippen LogP contribution in [-0.2, 0) is 32.7 Å². The first-order valence-electron chi connectivity index (χ1n) is 5.56. The van der Waals surface area contributed by atoms with Crippen molar-refractivity contribution in [3.63, 3.8) is 0 Å².